The van der Waals surface area contributed by atoms with Gasteiger partial charge in [0, 0.05) is 10.0 Å². The third-order valence-electron chi connectivity index (χ3n) is 1.81. The molecule has 1 aromatic carbocycles. The molecule has 94 valence electrons. The first-order valence-corrected chi connectivity index (χ1v) is 9.26. The molecule has 0 aliphatic heterocycles. The minimum absolute atomic E-state index is 0.106. The van der Waals surface area contributed by atoms with E-state index in [9.17, 15) is 13.2 Å². The van der Waals surface area contributed by atoms with Gasteiger partial charge in [-0.15, -0.1) is 0 Å². The van der Waals surface area contributed by atoms with Crippen molar-refractivity contribution >= 4 is 29.9 Å². The smallest absolute Gasteiger partial charge is 0.317 e. The fourth-order valence-electron chi connectivity index (χ4n) is 1.26. The van der Waals surface area contributed by atoms with Crippen molar-refractivity contribution in [2.24, 2.45) is 4.66 Å². The van der Waals surface area contributed by atoms with Crippen molar-refractivity contribution in [1.29, 1.82) is 0 Å². The van der Waals surface area contributed by atoms with Crippen LogP contribution in [0.5, 0.6) is 0 Å². The Morgan fingerprint density at radius 3 is 2.24 bits per heavy atom. The molecule has 1 rings (SSSR count). The summed E-state index contributed by atoms with van der Waals surface area (Å²) >= 11 is 3.17. The van der Waals surface area contributed by atoms with Crippen LogP contribution in [0.4, 0.5) is 13.2 Å². The van der Waals surface area contributed by atoms with Crippen LogP contribution in [0.15, 0.2) is 33.4 Å². The maximum Gasteiger partial charge on any atom is 0.432 e. The van der Waals surface area contributed by atoms with Crippen molar-refractivity contribution in [1.82, 2.24) is 0 Å². The lowest BCUT2D eigenvalue weighted by molar-refractivity contribution is -0.0579. The predicted molar refractivity (Wildman–Crippen MR) is 70.1 cm³/mol. The van der Waals surface area contributed by atoms with E-state index in [0.717, 1.165) is 0 Å². The van der Waals surface area contributed by atoms with Crippen LogP contribution in [0.3, 0.4) is 0 Å². The van der Waals surface area contributed by atoms with Crippen LogP contribution >= 0.6 is 15.9 Å². The van der Waals surface area contributed by atoms with Gasteiger partial charge in [-0.05, 0) is 31.8 Å². The zero-order valence-electron chi connectivity index (χ0n) is 9.77. The number of nitrogens with zero attached hydrogens (tertiary/aromatic N) is 1. The maximum absolute atomic E-state index is 12.9. The summed E-state index contributed by atoms with van der Waals surface area (Å²) in [7, 11) is -2.18. The molecular formula is C11H13BrF3NSi. The number of rotatable bonds is 2. The third kappa shape index (κ3) is 4.63. The summed E-state index contributed by atoms with van der Waals surface area (Å²) in [5, 5.41) is 0. The number of benzene rings is 1. The fourth-order valence-corrected chi connectivity index (χ4v) is 2.59. The van der Waals surface area contributed by atoms with Gasteiger partial charge in [-0.25, -0.2) is 0 Å². The van der Waals surface area contributed by atoms with Crippen LogP contribution in [0.1, 0.15) is 5.56 Å². The highest BCUT2D eigenvalue weighted by Gasteiger charge is 2.37. The van der Waals surface area contributed by atoms with Gasteiger partial charge in [0.05, 0.1) is 0 Å². The van der Waals surface area contributed by atoms with E-state index in [4.69, 9.17) is 0 Å². The van der Waals surface area contributed by atoms with E-state index in [0.29, 0.717) is 4.47 Å². The summed E-state index contributed by atoms with van der Waals surface area (Å²) in [6.07, 6.45) is -4.42. The lowest BCUT2D eigenvalue weighted by Gasteiger charge is -2.17. The number of alkyl halides is 3. The first-order chi connectivity index (χ1) is 7.59. The maximum atomic E-state index is 12.9. The summed E-state index contributed by atoms with van der Waals surface area (Å²) in [6, 6.07) is 6.13. The van der Waals surface area contributed by atoms with Gasteiger partial charge in [-0.3, -0.25) is 0 Å². The van der Waals surface area contributed by atoms with E-state index in [2.05, 4.69) is 20.6 Å². The highest BCUT2D eigenvalue weighted by atomic mass is 79.9. The van der Waals surface area contributed by atoms with Gasteiger partial charge in [0.25, 0.3) is 0 Å². The van der Waals surface area contributed by atoms with Crippen molar-refractivity contribution in [3.05, 3.63) is 34.3 Å². The molecule has 0 bridgehead atoms. The second-order valence-electron chi connectivity index (χ2n) is 4.64. The van der Waals surface area contributed by atoms with E-state index in [-0.39, 0.29) is 5.56 Å². The van der Waals surface area contributed by atoms with Crippen LogP contribution in [-0.4, -0.2) is 20.1 Å². The highest BCUT2D eigenvalue weighted by Crippen LogP contribution is 2.26. The van der Waals surface area contributed by atoms with Crippen LogP contribution in [0, 0.1) is 0 Å². The average molecular weight is 324 g/mol. The standard InChI is InChI=1S/C11H13BrF3NSi/c1-17(2,3)16-10(11(13,14)15)8-5-4-6-9(12)7-8/h4-7H,1-3H3/b16-10+. The molecule has 0 unspecified atom stereocenters. The van der Waals surface area contributed by atoms with Gasteiger partial charge >= 0.3 is 6.18 Å². The van der Waals surface area contributed by atoms with E-state index >= 15 is 0 Å². The van der Waals surface area contributed by atoms with Crippen LogP contribution < -0.4 is 0 Å². The Morgan fingerprint density at radius 2 is 1.82 bits per heavy atom. The molecule has 0 radical (unpaired) electrons. The molecule has 0 saturated heterocycles. The van der Waals surface area contributed by atoms with E-state index < -0.39 is 20.1 Å². The molecule has 0 atom stereocenters. The van der Waals surface area contributed by atoms with E-state index in [1.54, 1.807) is 31.8 Å². The largest absolute Gasteiger partial charge is 0.432 e. The molecule has 0 N–H and O–H groups in total. The molecule has 0 aliphatic rings. The summed E-state index contributed by atoms with van der Waals surface area (Å²) in [4.78, 5) is 0. The molecule has 0 amide bonds. The third-order valence-corrected chi connectivity index (χ3v) is 3.20. The lowest BCUT2D eigenvalue weighted by Crippen LogP contribution is -2.30. The first-order valence-electron chi connectivity index (χ1n) is 5.02. The highest BCUT2D eigenvalue weighted by molar-refractivity contribution is 9.10. The number of hydrogen-bond donors (Lipinski definition) is 0. The van der Waals surface area contributed by atoms with Gasteiger partial charge in [-0.1, -0.05) is 28.1 Å². The van der Waals surface area contributed by atoms with Crippen LogP contribution in [0.25, 0.3) is 0 Å². The van der Waals surface area contributed by atoms with Gasteiger partial charge in [-0.2, -0.15) is 13.2 Å². The zero-order valence-corrected chi connectivity index (χ0v) is 12.4. The second-order valence-corrected chi connectivity index (χ2v) is 10.1. The van der Waals surface area contributed by atoms with Crippen molar-refractivity contribution < 1.29 is 13.2 Å². The summed E-state index contributed by atoms with van der Waals surface area (Å²) in [6.45, 7) is 5.32. The molecule has 1 nitrogen and oxygen atoms in total. The van der Waals surface area contributed by atoms with Gasteiger partial charge < -0.3 is 4.66 Å². The van der Waals surface area contributed by atoms with Crippen molar-refractivity contribution in [3.8, 4) is 0 Å². The molecule has 1 aromatic rings. The van der Waals surface area contributed by atoms with E-state index in [1.807, 2.05) is 0 Å². The van der Waals surface area contributed by atoms with Gasteiger partial charge in [0.15, 0.2) is 8.24 Å². The van der Waals surface area contributed by atoms with Crippen molar-refractivity contribution in [2.45, 2.75) is 25.8 Å². The minimum atomic E-state index is -4.42. The Hall–Kier alpha value is -0.623. The average Bonchev–Trinajstić information content (AvgIpc) is 2.11. The van der Waals surface area contributed by atoms with Gasteiger partial charge in [0.2, 0.25) is 0 Å². The summed E-state index contributed by atoms with van der Waals surface area (Å²) in [5.41, 5.74) is -0.674. The van der Waals surface area contributed by atoms with Gasteiger partial charge in [0.1, 0.15) is 5.71 Å². The summed E-state index contributed by atoms with van der Waals surface area (Å²) in [5.74, 6) is 0. The molecule has 0 fully saturated rings. The Kier molecular flexibility index (Phi) is 4.19. The molecule has 0 spiro atoms. The Bertz CT molecular complexity index is 435. The molecule has 0 aromatic heterocycles. The normalized spacial score (nSPS) is 13.9. The van der Waals surface area contributed by atoms with Crippen LogP contribution in [-0.2, 0) is 0 Å². The number of hydrogen-bond acceptors (Lipinski definition) is 1. The molecule has 6 heteroatoms. The van der Waals surface area contributed by atoms with Crippen molar-refractivity contribution in [2.75, 3.05) is 0 Å². The summed E-state index contributed by atoms with van der Waals surface area (Å²) < 4.78 is 43.3. The quantitative estimate of drug-likeness (QED) is 0.555. The van der Waals surface area contributed by atoms with Crippen molar-refractivity contribution in [3.63, 3.8) is 0 Å². The molecular weight excluding hydrogens is 311 g/mol. The molecule has 0 heterocycles. The molecule has 0 saturated carbocycles. The monoisotopic (exact) mass is 323 g/mol. The second kappa shape index (κ2) is 4.94. The Balaban J connectivity index is 3.31. The minimum Gasteiger partial charge on any atom is -0.317 e. The fraction of sp³-hybridized carbons (Fsp3) is 0.364. The molecule has 0 aliphatic carbocycles. The van der Waals surface area contributed by atoms with E-state index in [1.165, 1.54) is 12.1 Å². The van der Waals surface area contributed by atoms with Crippen LogP contribution in [0.2, 0.25) is 19.6 Å². The topological polar surface area (TPSA) is 12.4 Å². The first kappa shape index (κ1) is 14.4. The molecule has 17 heavy (non-hydrogen) atoms. The lowest BCUT2D eigenvalue weighted by atomic mass is 10.1. The SMILES string of the molecule is C[Si](C)(C)/N=C(\c1cccc(Br)c1)C(F)(F)F. The Labute approximate surface area is 108 Å². The number of halogens is 4. The zero-order chi connectivity index (χ0) is 13.3. The Morgan fingerprint density at radius 1 is 1.24 bits per heavy atom. The predicted octanol–water partition coefficient (Wildman–Crippen LogP) is 4.64.